The van der Waals surface area contributed by atoms with Gasteiger partial charge in [-0.1, -0.05) is 0 Å². The average Bonchev–Trinajstić information content (AvgIpc) is 1.89. The third kappa shape index (κ3) is 1.10. The second kappa shape index (κ2) is 2.35. The molecule has 2 N–H and O–H groups in total. The van der Waals surface area contributed by atoms with Crippen molar-refractivity contribution in [3.63, 3.8) is 0 Å². The number of pyridine rings is 1. The van der Waals surface area contributed by atoms with Crippen LogP contribution in [-0.4, -0.2) is 12.1 Å². The minimum Gasteiger partial charge on any atom is -0.480 e. The van der Waals surface area contributed by atoms with E-state index in [1.54, 1.807) is 12.1 Å². The van der Waals surface area contributed by atoms with Gasteiger partial charge in [0.25, 0.3) is 0 Å². The van der Waals surface area contributed by atoms with Gasteiger partial charge in [0.15, 0.2) is 0 Å². The molecule has 0 bridgehead atoms. The van der Waals surface area contributed by atoms with Gasteiger partial charge in [0.1, 0.15) is 0 Å². The van der Waals surface area contributed by atoms with Gasteiger partial charge in [-0.15, -0.1) is 0 Å². The maximum Gasteiger partial charge on any atom is 0.237 e. The minimum atomic E-state index is 0.428. The average molecular weight is 123 g/mol. The number of methoxy groups -OCH3 is 1. The number of nitrogens with zero attached hydrogens (tertiary/aromatic N) is 1. The van der Waals surface area contributed by atoms with Gasteiger partial charge in [0.05, 0.1) is 19.0 Å². The number of rotatable bonds is 1. The van der Waals surface area contributed by atoms with Crippen LogP contribution in [0.2, 0.25) is 0 Å². The fourth-order valence-electron chi connectivity index (χ4n) is 0.522. The van der Waals surface area contributed by atoms with E-state index in [9.17, 15) is 0 Å². The Labute approximate surface area is 53.5 Å². The fourth-order valence-corrected chi connectivity index (χ4v) is 0.522. The zero-order valence-corrected chi connectivity index (χ0v) is 5.09. The fraction of sp³-hybridized carbons (Fsp3) is 0.167. The summed E-state index contributed by atoms with van der Waals surface area (Å²) in [6, 6.07) is 3.32. The van der Waals surface area contributed by atoms with E-state index in [1.165, 1.54) is 7.11 Å². The smallest absolute Gasteiger partial charge is 0.237 e. The number of nitrogen functional groups attached to an aromatic ring is 1. The Hall–Kier alpha value is -1.25. The third-order valence-corrected chi connectivity index (χ3v) is 0.944. The third-order valence-electron chi connectivity index (χ3n) is 0.944. The summed E-state index contributed by atoms with van der Waals surface area (Å²) < 4.78 is 4.78. The van der Waals surface area contributed by atoms with Crippen LogP contribution in [0.25, 0.3) is 0 Å². The summed E-state index contributed by atoms with van der Waals surface area (Å²) in [4.78, 5) is 3.72. The first-order chi connectivity index (χ1) is 4.34. The summed E-state index contributed by atoms with van der Waals surface area (Å²) >= 11 is 0. The Kier molecular flexibility index (Phi) is 1.53. The van der Waals surface area contributed by atoms with Crippen molar-refractivity contribution in [2.45, 2.75) is 0 Å². The maximum absolute atomic E-state index is 5.42. The molecule has 0 aromatic carbocycles. The molecule has 3 nitrogen and oxygen atoms in total. The lowest BCUT2D eigenvalue weighted by molar-refractivity contribution is 0.400. The van der Waals surface area contributed by atoms with Gasteiger partial charge in [0, 0.05) is 0 Å². The van der Waals surface area contributed by atoms with Crippen molar-refractivity contribution in [3.8, 4) is 5.88 Å². The summed E-state index contributed by atoms with van der Waals surface area (Å²) in [5.41, 5.74) is 5.96. The van der Waals surface area contributed by atoms with Crippen LogP contribution in [0, 0.1) is 6.20 Å². The van der Waals surface area contributed by atoms with E-state index in [0.717, 1.165) is 0 Å². The number of anilines is 1. The highest BCUT2D eigenvalue weighted by atomic mass is 16.5. The highest BCUT2D eigenvalue weighted by Gasteiger charge is 1.94. The lowest BCUT2D eigenvalue weighted by atomic mass is 10.4. The van der Waals surface area contributed by atoms with Crippen LogP contribution in [0.1, 0.15) is 0 Å². The molecule has 1 heterocycles. The van der Waals surface area contributed by atoms with Gasteiger partial charge < -0.3 is 10.5 Å². The van der Waals surface area contributed by atoms with Crippen LogP contribution < -0.4 is 10.5 Å². The maximum atomic E-state index is 5.42. The van der Waals surface area contributed by atoms with Gasteiger partial charge in [0.2, 0.25) is 5.88 Å². The van der Waals surface area contributed by atoms with Crippen LogP contribution in [-0.2, 0) is 0 Å². The molecular formula is C6H7N2O. The second-order valence-corrected chi connectivity index (χ2v) is 1.54. The molecule has 0 saturated heterocycles. The van der Waals surface area contributed by atoms with E-state index >= 15 is 0 Å². The molecule has 0 saturated carbocycles. The summed E-state index contributed by atoms with van der Waals surface area (Å²) in [6.07, 6.45) is 2.60. The highest BCUT2D eigenvalue weighted by molar-refractivity contribution is 5.46. The first-order valence-corrected chi connectivity index (χ1v) is 2.51. The zero-order valence-electron chi connectivity index (χ0n) is 5.09. The van der Waals surface area contributed by atoms with Gasteiger partial charge in [-0.2, -0.15) is 0 Å². The molecule has 0 amide bonds. The van der Waals surface area contributed by atoms with Crippen molar-refractivity contribution in [2.24, 2.45) is 0 Å². The Morgan fingerprint density at radius 3 is 3.00 bits per heavy atom. The molecule has 0 atom stereocenters. The van der Waals surface area contributed by atoms with Crippen molar-refractivity contribution in [3.05, 3.63) is 18.3 Å². The topological polar surface area (TPSA) is 48.1 Å². The Balaban J connectivity index is 3.01. The number of hydrogen-bond acceptors (Lipinski definition) is 3. The number of hydrogen-bond donors (Lipinski definition) is 1. The first-order valence-electron chi connectivity index (χ1n) is 2.51. The number of nitrogens with two attached hydrogens (primary N) is 1. The van der Waals surface area contributed by atoms with E-state index in [1.807, 2.05) is 0 Å². The van der Waals surface area contributed by atoms with E-state index in [4.69, 9.17) is 10.5 Å². The SMILES string of the molecule is COc1n[c]ccc1N. The van der Waals surface area contributed by atoms with Crippen LogP contribution in [0.15, 0.2) is 12.1 Å². The first kappa shape index (κ1) is 5.88. The van der Waals surface area contributed by atoms with Crippen molar-refractivity contribution in [1.82, 2.24) is 4.98 Å². The molecule has 1 aromatic rings. The summed E-state index contributed by atoms with van der Waals surface area (Å²) in [7, 11) is 1.52. The second-order valence-electron chi connectivity index (χ2n) is 1.54. The molecule has 3 heteroatoms. The van der Waals surface area contributed by atoms with Gasteiger partial charge in [-0.3, -0.25) is 0 Å². The van der Waals surface area contributed by atoms with Gasteiger partial charge >= 0.3 is 0 Å². The standard InChI is InChI=1S/C6H7N2O/c1-9-6-5(7)3-2-4-8-6/h2-3H,7H2,1H3. The zero-order chi connectivity index (χ0) is 6.69. The van der Waals surface area contributed by atoms with E-state index in [2.05, 4.69) is 11.2 Å². The van der Waals surface area contributed by atoms with Crippen LogP contribution >= 0.6 is 0 Å². The summed E-state index contributed by atoms with van der Waals surface area (Å²) in [6.45, 7) is 0. The van der Waals surface area contributed by atoms with Crippen molar-refractivity contribution in [2.75, 3.05) is 12.8 Å². The quantitative estimate of drug-likeness (QED) is 0.590. The molecule has 1 radical (unpaired) electrons. The number of aromatic nitrogens is 1. The van der Waals surface area contributed by atoms with E-state index in [-0.39, 0.29) is 0 Å². The molecule has 9 heavy (non-hydrogen) atoms. The van der Waals surface area contributed by atoms with Crippen LogP contribution in [0.5, 0.6) is 5.88 Å². The van der Waals surface area contributed by atoms with E-state index in [0.29, 0.717) is 11.6 Å². The van der Waals surface area contributed by atoms with E-state index < -0.39 is 0 Å². The Bertz CT molecular complexity index is 200. The van der Waals surface area contributed by atoms with Crippen molar-refractivity contribution >= 4 is 5.69 Å². The lowest BCUT2D eigenvalue weighted by Crippen LogP contribution is -1.93. The molecule has 0 unspecified atom stereocenters. The highest BCUT2D eigenvalue weighted by Crippen LogP contribution is 2.13. The predicted octanol–water partition coefficient (Wildman–Crippen LogP) is 0.473. The predicted molar refractivity (Wildman–Crippen MR) is 34.0 cm³/mol. The molecule has 0 spiro atoms. The molecule has 0 fully saturated rings. The van der Waals surface area contributed by atoms with Crippen LogP contribution in [0.4, 0.5) is 5.69 Å². The number of ether oxygens (including phenoxy) is 1. The molecule has 1 aromatic heterocycles. The monoisotopic (exact) mass is 123 g/mol. The summed E-state index contributed by atoms with van der Waals surface area (Å²) in [5.74, 6) is 0.428. The van der Waals surface area contributed by atoms with Gasteiger partial charge in [-0.05, 0) is 12.1 Å². The largest absolute Gasteiger partial charge is 0.480 e. The minimum absolute atomic E-state index is 0.428. The van der Waals surface area contributed by atoms with Crippen molar-refractivity contribution in [1.29, 1.82) is 0 Å². The van der Waals surface area contributed by atoms with Crippen molar-refractivity contribution < 1.29 is 4.74 Å². The molecule has 0 aliphatic carbocycles. The van der Waals surface area contributed by atoms with Gasteiger partial charge in [-0.25, -0.2) is 4.98 Å². The molecule has 1 rings (SSSR count). The Morgan fingerprint density at radius 1 is 1.78 bits per heavy atom. The normalized spacial score (nSPS) is 9.00. The van der Waals surface area contributed by atoms with Crippen LogP contribution in [0.3, 0.4) is 0 Å². The Morgan fingerprint density at radius 2 is 2.56 bits per heavy atom. The molecular weight excluding hydrogens is 116 g/mol. The summed E-state index contributed by atoms with van der Waals surface area (Å²) in [5, 5.41) is 0. The molecule has 0 aliphatic heterocycles. The lowest BCUT2D eigenvalue weighted by Gasteiger charge is -1.98. The molecule has 47 valence electrons. The molecule has 0 aliphatic rings.